The van der Waals surface area contributed by atoms with Gasteiger partial charge in [0.1, 0.15) is 29.7 Å². The Morgan fingerprint density at radius 1 is 1.00 bits per heavy atom. The largest absolute Gasteiger partial charge is 0.497 e. The molecule has 186 valence electrons. The number of nitrogens with zero attached hydrogens (tertiary/aromatic N) is 2. The van der Waals surface area contributed by atoms with Gasteiger partial charge in [-0.15, -0.1) is 0 Å². The zero-order valence-corrected chi connectivity index (χ0v) is 22.4. The van der Waals surface area contributed by atoms with Gasteiger partial charge in [0.15, 0.2) is 0 Å². The second kappa shape index (κ2) is 11.6. The SMILES string of the molecule is COc1ccc(NC(=O)/C(C#N)=C\c2cc(C)n(-c3ccc(OCc4ccc(Br)cc4)cc3)c2C)cc1. The van der Waals surface area contributed by atoms with Crippen molar-refractivity contribution in [1.82, 2.24) is 4.57 Å². The number of carbonyl (C=O) groups excluding carboxylic acids is 1. The molecule has 1 amide bonds. The fourth-order valence-corrected chi connectivity index (χ4v) is 4.21. The maximum absolute atomic E-state index is 12.7. The second-order valence-electron chi connectivity index (χ2n) is 8.42. The Hall–Kier alpha value is -4.28. The van der Waals surface area contributed by atoms with Crippen molar-refractivity contribution in [3.8, 4) is 23.3 Å². The zero-order chi connectivity index (χ0) is 26.4. The van der Waals surface area contributed by atoms with Crippen molar-refractivity contribution in [2.75, 3.05) is 12.4 Å². The number of ether oxygens (including phenoxy) is 2. The Kier molecular flexibility index (Phi) is 8.11. The summed E-state index contributed by atoms with van der Waals surface area (Å²) >= 11 is 3.44. The van der Waals surface area contributed by atoms with E-state index in [1.165, 1.54) is 0 Å². The molecule has 1 aromatic heterocycles. The summed E-state index contributed by atoms with van der Waals surface area (Å²) in [5, 5.41) is 12.4. The van der Waals surface area contributed by atoms with Crippen LogP contribution in [0, 0.1) is 25.2 Å². The van der Waals surface area contributed by atoms with Crippen LogP contribution in [-0.4, -0.2) is 17.6 Å². The van der Waals surface area contributed by atoms with Crippen molar-refractivity contribution in [2.24, 2.45) is 0 Å². The monoisotopic (exact) mass is 555 g/mol. The quantitative estimate of drug-likeness (QED) is 0.188. The van der Waals surface area contributed by atoms with Crippen molar-refractivity contribution in [1.29, 1.82) is 5.26 Å². The molecule has 7 heteroatoms. The normalized spacial score (nSPS) is 11.1. The van der Waals surface area contributed by atoms with Gasteiger partial charge in [0, 0.05) is 27.2 Å². The number of hydrogen-bond acceptors (Lipinski definition) is 4. The molecule has 4 aromatic rings. The molecule has 0 saturated carbocycles. The van der Waals surface area contributed by atoms with Crippen LogP contribution >= 0.6 is 15.9 Å². The number of rotatable bonds is 8. The number of methoxy groups -OCH3 is 1. The lowest BCUT2D eigenvalue weighted by Gasteiger charge is -2.12. The summed E-state index contributed by atoms with van der Waals surface area (Å²) in [5.41, 5.74) is 5.37. The number of hydrogen-bond donors (Lipinski definition) is 1. The molecule has 0 unspecified atom stereocenters. The molecule has 0 aliphatic rings. The van der Waals surface area contributed by atoms with E-state index in [2.05, 4.69) is 25.8 Å². The van der Waals surface area contributed by atoms with Crippen LogP contribution < -0.4 is 14.8 Å². The molecule has 0 aliphatic carbocycles. The molecule has 0 spiro atoms. The first-order valence-electron chi connectivity index (χ1n) is 11.6. The first-order valence-corrected chi connectivity index (χ1v) is 12.4. The van der Waals surface area contributed by atoms with E-state index in [1.54, 1.807) is 37.5 Å². The van der Waals surface area contributed by atoms with E-state index in [4.69, 9.17) is 9.47 Å². The summed E-state index contributed by atoms with van der Waals surface area (Å²) in [6.07, 6.45) is 1.62. The van der Waals surface area contributed by atoms with E-state index in [0.717, 1.165) is 38.4 Å². The fourth-order valence-electron chi connectivity index (χ4n) is 3.95. The number of anilines is 1. The van der Waals surface area contributed by atoms with Gasteiger partial charge in [-0.25, -0.2) is 0 Å². The smallest absolute Gasteiger partial charge is 0.266 e. The van der Waals surface area contributed by atoms with Crippen molar-refractivity contribution in [3.05, 3.63) is 111 Å². The van der Waals surface area contributed by atoms with Crippen molar-refractivity contribution in [3.63, 3.8) is 0 Å². The average Bonchev–Trinajstić information content (AvgIpc) is 3.19. The van der Waals surface area contributed by atoms with Gasteiger partial charge in [0.25, 0.3) is 5.91 Å². The van der Waals surface area contributed by atoms with Crippen LogP contribution in [0.15, 0.2) is 88.9 Å². The molecule has 1 N–H and O–H groups in total. The van der Waals surface area contributed by atoms with Gasteiger partial charge >= 0.3 is 0 Å². The van der Waals surface area contributed by atoms with Gasteiger partial charge in [-0.2, -0.15) is 5.26 Å². The molecular formula is C30H26BrN3O3. The van der Waals surface area contributed by atoms with Crippen molar-refractivity contribution in [2.45, 2.75) is 20.5 Å². The number of aromatic nitrogens is 1. The zero-order valence-electron chi connectivity index (χ0n) is 20.8. The maximum Gasteiger partial charge on any atom is 0.266 e. The van der Waals surface area contributed by atoms with Crippen LogP contribution in [0.1, 0.15) is 22.5 Å². The molecule has 0 aliphatic heterocycles. The molecule has 0 saturated heterocycles. The lowest BCUT2D eigenvalue weighted by Crippen LogP contribution is -2.13. The number of benzene rings is 3. The lowest BCUT2D eigenvalue weighted by atomic mass is 10.1. The first kappa shape index (κ1) is 25.8. The van der Waals surface area contributed by atoms with E-state index >= 15 is 0 Å². The third-order valence-corrected chi connectivity index (χ3v) is 6.43. The summed E-state index contributed by atoms with van der Waals surface area (Å²) in [6.45, 7) is 4.44. The van der Waals surface area contributed by atoms with E-state index < -0.39 is 5.91 Å². The second-order valence-corrected chi connectivity index (χ2v) is 9.34. The molecule has 4 rings (SSSR count). The van der Waals surface area contributed by atoms with Crippen LogP contribution in [-0.2, 0) is 11.4 Å². The maximum atomic E-state index is 12.7. The van der Waals surface area contributed by atoms with Crippen LogP contribution in [0.2, 0.25) is 0 Å². The number of halogens is 1. The Bertz CT molecular complexity index is 1460. The molecule has 0 atom stereocenters. The molecule has 37 heavy (non-hydrogen) atoms. The molecule has 0 bridgehead atoms. The predicted octanol–water partition coefficient (Wildman–Crippen LogP) is 6.99. The fraction of sp³-hybridized carbons (Fsp3) is 0.133. The predicted molar refractivity (Wildman–Crippen MR) is 149 cm³/mol. The highest BCUT2D eigenvalue weighted by atomic mass is 79.9. The van der Waals surface area contributed by atoms with Gasteiger partial charge in [-0.1, -0.05) is 28.1 Å². The van der Waals surface area contributed by atoms with Crippen LogP contribution in [0.4, 0.5) is 5.69 Å². The third kappa shape index (κ3) is 6.29. The lowest BCUT2D eigenvalue weighted by molar-refractivity contribution is -0.112. The van der Waals surface area contributed by atoms with Gasteiger partial charge in [0.2, 0.25) is 0 Å². The summed E-state index contributed by atoms with van der Waals surface area (Å²) < 4.78 is 14.2. The molecular weight excluding hydrogens is 530 g/mol. The molecule has 3 aromatic carbocycles. The van der Waals surface area contributed by atoms with E-state index in [9.17, 15) is 10.1 Å². The minimum atomic E-state index is -0.468. The molecule has 1 heterocycles. The minimum absolute atomic E-state index is 0.0211. The van der Waals surface area contributed by atoms with Gasteiger partial charge in [-0.05, 0) is 97.8 Å². The van der Waals surface area contributed by atoms with Gasteiger partial charge in [-0.3, -0.25) is 4.79 Å². The topological polar surface area (TPSA) is 76.3 Å². The Morgan fingerprint density at radius 3 is 2.27 bits per heavy atom. The van der Waals surface area contributed by atoms with Gasteiger partial charge < -0.3 is 19.4 Å². The Labute approximate surface area is 224 Å². The summed E-state index contributed by atoms with van der Waals surface area (Å²) in [6, 6.07) is 26.8. The summed E-state index contributed by atoms with van der Waals surface area (Å²) in [5.74, 6) is 0.992. The highest BCUT2D eigenvalue weighted by Gasteiger charge is 2.14. The van der Waals surface area contributed by atoms with Crippen molar-refractivity contribution < 1.29 is 14.3 Å². The number of nitriles is 1. The highest BCUT2D eigenvalue weighted by molar-refractivity contribution is 9.10. The molecule has 0 radical (unpaired) electrons. The van der Waals surface area contributed by atoms with Crippen LogP contribution in [0.25, 0.3) is 11.8 Å². The number of aryl methyl sites for hydroxylation is 1. The summed E-state index contributed by atoms with van der Waals surface area (Å²) in [4.78, 5) is 12.7. The third-order valence-electron chi connectivity index (χ3n) is 5.90. The minimum Gasteiger partial charge on any atom is -0.497 e. The first-order chi connectivity index (χ1) is 17.9. The van der Waals surface area contributed by atoms with Crippen LogP contribution in [0.3, 0.4) is 0 Å². The van der Waals surface area contributed by atoms with Crippen LogP contribution in [0.5, 0.6) is 11.5 Å². The summed E-state index contributed by atoms with van der Waals surface area (Å²) in [7, 11) is 1.58. The van der Waals surface area contributed by atoms with E-state index in [0.29, 0.717) is 18.0 Å². The molecule has 6 nitrogen and oxygen atoms in total. The van der Waals surface area contributed by atoms with E-state index in [1.807, 2.05) is 74.5 Å². The Balaban J connectivity index is 1.49. The highest BCUT2D eigenvalue weighted by Crippen LogP contribution is 2.25. The van der Waals surface area contributed by atoms with E-state index in [-0.39, 0.29) is 5.57 Å². The standard InChI is InChI=1S/C30H26BrN3O3/c1-20-16-23(17-24(18-32)30(35)33-26-8-12-28(36-3)13-9-26)21(2)34(20)27-10-14-29(15-11-27)37-19-22-4-6-25(31)7-5-22/h4-17H,19H2,1-3H3,(H,33,35)/b24-17-. The molecule has 0 fully saturated rings. The average molecular weight is 556 g/mol. The number of nitrogens with one attached hydrogen (secondary N) is 1. The van der Waals surface area contributed by atoms with Crippen molar-refractivity contribution >= 4 is 33.6 Å². The Morgan fingerprint density at radius 2 is 1.65 bits per heavy atom. The van der Waals surface area contributed by atoms with Gasteiger partial charge in [0.05, 0.1) is 7.11 Å². The number of carbonyl (C=O) groups is 1. The number of amides is 1.